The SMILES string of the molecule is COc1cc(F)cc(-c2ccnc3[nH]c(-c4n[nH]c5ccc(-c6cncc(CNCc7ccccc7)c6)cc45)nc23)c1. The third-order valence-corrected chi connectivity index (χ3v) is 7.22. The molecule has 0 spiro atoms. The molecule has 7 aromatic rings. The number of halogens is 1. The molecule has 0 saturated carbocycles. The molecule has 0 unspecified atom stereocenters. The smallest absolute Gasteiger partial charge is 0.160 e. The highest BCUT2D eigenvalue weighted by molar-refractivity contribution is 5.97. The van der Waals surface area contributed by atoms with E-state index in [4.69, 9.17) is 9.72 Å². The summed E-state index contributed by atoms with van der Waals surface area (Å²) in [5.74, 6) is 0.609. The molecule has 3 N–H and O–H groups in total. The fraction of sp³-hybridized carbons (Fsp3) is 0.0909. The van der Waals surface area contributed by atoms with Gasteiger partial charge in [-0.15, -0.1) is 0 Å². The molecule has 4 heterocycles. The summed E-state index contributed by atoms with van der Waals surface area (Å²) in [4.78, 5) is 17.1. The topological polar surface area (TPSA) is 104 Å². The Kier molecular flexibility index (Phi) is 6.61. The van der Waals surface area contributed by atoms with Gasteiger partial charge in [0, 0.05) is 54.3 Å². The molecule has 9 heteroatoms. The van der Waals surface area contributed by atoms with Crippen LogP contribution in [0.5, 0.6) is 5.75 Å². The zero-order valence-electron chi connectivity index (χ0n) is 22.7. The van der Waals surface area contributed by atoms with Crippen LogP contribution in [0.2, 0.25) is 0 Å². The fourth-order valence-corrected chi connectivity index (χ4v) is 5.15. The molecule has 3 aromatic carbocycles. The molecule has 0 bridgehead atoms. The van der Waals surface area contributed by atoms with Gasteiger partial charge in [-0.25, -0.2) is 14.4 Å². The molecule has 8 nitrogen and oxygen atoms in total. The Bertz CT molecular complexity index is 2030. The molecular formula is C33H26FN7O. The number of H-pyrrole nitrogens is 2. The minimum atomic E-state index is -0.388. The molecule has 0 saturated heterocycles. The number of nitrogens with one attached hydrogen (secondary N) is 3. The summed E-state index contributed by atoms with van der Waals surface area (Å²) in [6.07, 6.45) is 5.43. The highest BCUT2D eigenvalue weighted by Crippen LogP contribution is 2.34. The average Bonchev–Trinajstić information content (AvgIpc) is 3.65. The van der Waals surface area contributed by atoms with E-state index in [-0.39, 0.29) is 5.82 Å². The van der Waals surface area contributed by atoms with E-state index in [2.05, 4.69) is 60.8 Å². The van der Waals surface area contributed by atoms with Crippen LogP contribution in [-0.2, 0) is 13.1 Å². The molecule has 0 aliphatic rings. The van der Waals surface area contributed by atoms with E-state index in [1.165, 1.54) is 24.8 Å². The van der Waals surface area contributed by atoms with Crippen LogP contribution < -0.4 is 10.1 Å². The Morgan fingerprint density at radius 2 is 1.74 bits per heavy atom. The van der Waals surface area contributed by atoms with E-state index in [0.29, 0.717) is 40.5 Å². The second-order valence-electron chi connectivity index (χ2n) is 10.0. The molecule has 42 heavy (non-hydrogen) atoms. The summed E-state index contributed by atoms with van der Waals surface area (Å²) in [5, 5.41) is 12.1. The maximum atomic E-state index is 14.3. The van der Waals surface area contributed by atoms with Crippen molar-refractivity contribution in [1.82, 2.24) is 35.5 Å². The standard InChI is InChI=1S/C33H26FN7O/c1-42-26-13-23(12-25(34)15-26)27-9-10-37-32-30(27)38-33(39-32)31-28-14-22(7-8-29(28)40-41-31)24-11-21(18-36-19-24)17-35-16-20-5-3-2-4-6-20/h2-15,18-19,35H,16-17H2,1H3,(H,40,41)(H,37,38,39). The van der Waals surface area contributed by atoms with Crippen molar-refractivity contribution in [2.24, 2.45) is 0 Å². The van der Waals surface area contributed by atoms with E-state index in [0.717, 1.165) is 39.7 Å². The summed E-state index contributed by atoms with van der Waals surface area (Å²) < 4.78 is 19.6. The zero-order valence-corrected chi connectivity index (χ0v) is 22.7. The Balaban J connectivity index is 1.21. The molecule has 0 fully saturated rings. The van der Waals surface area contributed by atoms with Crippen molar-refractivity contribution in [2.45, 2.75) is 13.1 Å². The number of fused-ring (bicyclic) bond motifs is 2. The first-order valence-corrected chi connectivity index (χ1v) is 13.5. The third kappa shape index (κ3) is 4.97. The van der Waals surface area contributed by atoms with Gasteiger partial charge in [-0.3, -0.25) is 10.1 Å². The number of imidazole rings is 1. The van der Waals surface area contributed by atoms with Crippen LogP contribution in [0.15, 0.2) is 97.5 Å². The zero-order chi connectivity index (χ0) is 28.5. The van der Waals surface area contributed by atoms with Crippen LogP contribution >= 0.6 is 0 Å². The van der Waals surface area contributed by atoms with Crippen LogP contribution in [0.3, 0.4) is 0 Å². The largest absolute Gasteiger partial charge is 0.497 e. The van der Waals surface area contributed by atoms with Crippen molar-refractivity contribution in [3.63, 3.8) is 0 Å². The van der Waals surface area contributed by atoms with E-state index >= 15 is 0 Å². The van der Waals surface area contributed by atoms with Crippen molar-refractivity contribution >= 4 is 22.1 Å². The average molecular weight is 556 g/mol. The Labute approximate surface area is 240 Å². The summed E-state index contributed by atoms with van der Waals surface area (Å²) >= 11 is 0. The summed E-state index contributed by atoms with van der Waals surface area (Å²) in [7, 11) is 1.51. The maximum absolute atomic E-state index is 14.3. The Hall–Kier alpha value is -5.41. The molecule has 206 valence electrons. The Morgan fingerprint density at radius 1 is 0.857 bits per heavy atom. The van der Waals surface area contributed by atoms with Crippen LogP contribution in [-0.4, -0.2) is 37.2 Å². The minimum Gasteiger partial charge on any atom is -0.497 e. The van der Waals surface area contributed by atoms with Gasteiger partial charge in [0.05, 0.1) is 12.6 Å². The second-order valence-corrected chi connectivity index (χ2v) is 10.0. The van der Waals surface area contributed by atoms with Gasteiger partial charge < -0.3 is 15.0 Å². The predicted octanol–water partition coefficient (Wildman–Crippen LogP) is 6.67. The van der Waals surface area contributed by atoms with Gasteiger partial charge in [0.25, 0.3) is 0 Å². The lowest BCUT2D eigenvalue weighted by Crippen LogP contribution is -2.12. The van der Waals surface area contributed by atoms with Crippen molar-refractivity contribution in [2.75, 3.05) is 7.11 Å². The number of aromatic amines is 2. The molecule has 0 atom stereocenters. The number of pyridine rings is 2. The van der Waals surface area contributed by atoms with Gasteiger partial charge in [0.2, 0.25) is 0 Å². The number of aromatic nitrogens is 6. The normalized spacial score (nSPS) is 11.4. The number of benzene rings is 3. The summed E-state index contributed by atoms with van der Waals surface area (Å²) in [6, 6.07) is 25.0. The van der Waals surface area contributed by atoms with Crippen molar-refractivity contribution in [3.8, 4) is 39.5 Å². The quantitative estimate of drug-likeness (QED) is 0.194. The monoisotopic (exact) mass is 555 g/mol. The third-order valence-electron chi connectivity index (χ3n) is 7.22. The minimum absolute atomic E-state index is 0.388. The van der Waals surface area contributed by atoms with Crippen molar-refractivity contribution < 1.29 is 9.13 Å². The number of hydrogen-bond acceptors (Lipinski definition) is 6. The molecule has 0 radical (unpaired) electrons. The Morgan fingerprint density at radius 3 is 2.62 bits per heavy atom. The molecular weight excluding hydrogens is 529 g/mol. The van der Waals surface area contributed by atoms with Gasteiger partial charge in [0.1, 0.15) is 22.8 Å². The predicted molar refractivity (Wildman–Crippen MR) is 161 cm³/mol. The van der Waals surface area contributed by atoms with Crippen molar-refractivity contribution in [1.29, 1.82) is 0 Å². The lowest BCUT2D eigenvalue weighted by Gasteiger charge is -2.07. The van der Waals surface area contributed by atoms with Gasteiger partial charge in [-0.2, -0.15) is 5.10 Å². The van der Waals surface area contributed by atoms with E-state index < -0.39 is 0 Å². The van der Waals surface area contributed by atoms with Crippen LogP contribution in [0, 0.1) is 5.82 Å². The number of ether oxygens (including phenoxy) is 1. The molecule has 0 aliphatic heterocycles. The fourth-order valence-electron chi connectivity index (χ4n) is 5.15. The molecule has 4 aromatic heterocycles. The first-order chi connectivity index (χ1) is 20.6. The van der Waals surface area contributed by atoms with Gasteiger partial charge in [0.15, 0.2) is 11.5 Å². The number of methoxy groups -OCH3 is 1. The van der Waals surface area contributed by atoms with Gasteiger partial charge >= 0.3 is 0 Å². The number of nitrogens with zero attached hydrogens (tertiary/aromatic N) is 4. The van der Waals surface area contributed by atoms with E-state index in [9.17, 15) is 4.39 Å². The second kappa shape index (κ2) is 10.9. The maximum Gasteiger partial charge on any atom is 0.160 e. The van der Waals surface area contributed by atoms with Crippen LogP contribution in [0.4, 0.5) is 4.39 Å². The van der Waals surface area contributed by atoms with E-state index in [1.54, 1.807) is 12.3 Å². The van der Waals surface area contributed by atoms with Crippen LogP contribution in [0.1, 0.15) is 11.1 Å². The van der Waals surface area contributed by atoms with Gasteiger partial charge in [-0.1, -0.05) is 36.4 Å². The number of rotatable bonds is 8. The lowest BCUT2D eigenvalue weighted by atomic mass is 10.0. The van der Waals surface area contributed by atoms with Crippen LogP contribution in [0.25, 0.3) is 55.8 Å². The number of hydrogen-bond donors (Lipinski definition) is 3. The summed E-state index contributed by atoms with van der Waals surface area (Å²) in [5.41, 5.74) is 8.50. The first kappa shape index (κ1) is 25.6. The summed E-state index contributed by atoms with van der Waals surface area (Å²) in [6.45, 7) is 1.50. The first-order valence-electron chi connectivity index (χ1n) is 13.5. The van der Waals surface area contributed by atoms with Gasteiger partial charge in [-0.05, 0) is 58.7 Å². The van der Waals surface area contributed by atoms with E-state index in [1.807, 2.05) is 42.7 Å². The lowest BCUT2D eigenvalue weighted by molar-refractivity contribution is 0.411. The molecule has 0 amide bonds. The highest BCUT2D eigenvalue weighted by Gasteiger charge is 2.17. The van der Waals surface area contributed by atoms with Crippen molar-refractivity contribution in [3.05, 3.63) is 114 Å². The molecule has 7 rings (SSSR count). The highest BCUT2D eigenvalue weighted by atomic mass is 19.1. The molecule has 0 aliphatic carbocycles.